The summed E-state index contributed by atoms with van der Waals surface area (Å²) in [6, 6.07) is 23.0. The van der Waals surface area contributed by atoms with E-state index in [1.165, 1.54) is 12.1 Å². The molecule has 0 spiro atoms. The van der Waals surface area contributed by atoms with Crippen molar-refractivity contribution in [2.45, 2.75) is 12.6 Å². The summed E-state index contributed by atoms with van der Waals surface area (Å²) in [6.45, 7) is 1.36. The van der Waals surface area contributed by atoms with Crippen LogP contribution >= 0.6 is 0 Å². The summed E-state index contributed by atoms with van der Waals surface area (Å²) >= 11 is 0. The van der Waals surface area contributed by atoms with Gasteiger partial charge in [0.25, 0.3) is 0 Å². The lowest BCUT2D eigenvalue weighted by molar-refractivity contribution is 0.171. The van der Waals surface area contributed by atoms with E-state index in [-0.39, 0.29) is 11.8 Å². The number of aromatic nitrogens is 1. The molecular weight excluding hydrogens is 433 g/mol. The molecule has 1 unspecified atom stereocenters. The highest BCUT2D eigenvalue weighted by Crippen LogP contribution is 2.38. The van der Waals surface area contributed by atoms with Crippen molar-refractivity contribution in [2.24, 2.45) is 0 Å². The van der Waals surface area contributed by atoms with Crippen molar-refractivity contribution in [1.29, 1.82) is 0 Å². The number of halogens is 1. The maximum Gasteiger partial charge on any atom is 0.322 e. The number of carbonyl (C=O) groups is 1. The van der Waals surface area contributed by atoms with Crippen molar-refractivity contribution in [3.8, 4) is 17.2 Å². The van der Waals surface area contributed by atoms with Crippen molar-refractivity contribution >= 4 is 11.7 Å². The minimum absolute atomic E-state index is 0.268. The normalized spacial score (nSPS) is 16.3. The summed E-state index contributed by atoms with van der Waals surface area (Å²) in [7, 11) is 0. The van der Waals surface area contributed by atoms with Crippen LogP contribution in [0.15, 0.2) is 85.1 Å². The van der Waals surface area contributed by atoms with E-state index < -0.39 is 6.04 Å². The highest BCUT2D eigenvalue weighted by molar-refractivity contribution is 5.90. The zero-order valence-electron chi connectivity index (χ0n) is 18.3. The topological polar surface area (TPSA) is 55.7 Å². The second kappa shape index (κ2) is 8.26. The van der Waals surface area contributed by atoms with Gasteiger partial charge in [0.2, 0.25) is 0 Å². The lowest BCUT2D eigenvalue weighted by atomic mass is 10.0. The van der Waals surface area contributed by atoms with Crippen LogP contribution in [0.25, 0.3) is 5.69 Å². The third-order valence-electron chi connectivity index (χ3n) is 6.20. The van der Waals surface area contributed by atoms with E-state index in [0.29, 0.717) is 36.9 Å². The Kier molecular flexibility index (Phi) is 4.95. The van der Waals surface area contributed by atoms with E-state index in [2.05, 4.69) is 9.88 Å². The summed E-state index contributed by atoms with van der Waals surface area (Å²) in [5.41, 5.74) is 4.39. The van der Waals surface area contributed by atoms with E-state index in [1.807, 2.05) is 42.6 Å². The second-order valence-corrected chi connectivity index (χ2v) is 8.30. The van der Waals surface area contributed by atoms with Crippen LogP contribution in [0.3, 0.4) is 0 Å². The Balaban J connectivity index is 1.42. The van der Waals surface area contributed by atoms with Gasteiger partial charge in [-0.05, 0) is 53.6 Å². The van der Waals surface area contributed by atoms with E-state index >= 15 is 0 Å². The molecule has 6 nitrogen and oxygen atoms in total. The predicted octanol–water partition coefficient (Wildman–Crippen LogP) is 5.52. The molecule has 0 bridgehead atoms. The van der Waals surface area contributed by atoms with Crippen LogP contribution in [0.5, 0.6) is 11.5 Å². The summed E-state index contributed by atoms with van der Waals surface area (Å²) in [6.07, 6.45) is 1.99. The molecule has 0 radical (unpaired) electrons. The smallest absolute Gasteiger partial charge is 0.322 e. The molecule has 3 heterocycles. The number of ether oxygens (including phenoxy) is 2. The van der Waals surface area contributed by atoms with Crippen molar-refractivity contribution in [2.75, 3.05) is 18.5 Å². The minimum Gasteiger partial charge on any atom is -0.486 e. The van der Waals surface area contributed by atoms with Crippen LogP contribution in [0, 0.1) is 5.82 Å². The number of anilines is 1. The predicted molar refractivity (Wildman–Crippen MR) is 126 cm³/mol. The maximum atomic E-state index is 13.7. The van der Waals surface area contributed by atoms with Gasteiger partial charge < -0.3 is 24.3 Å². The molecule has 6 rings (SSSR count). The van der Waals surface area contributed by atoms with Crippen LogP contribution in [-0.4, -0.2) is 28.7 Å². The summed E-state index contributed by atoms with van der Waals surface area (Å²) < 4.78 is 27.1. The molecule has 2 aliphatic heterocycles. The van der Waals surface area contributed by atoms with Crippen molar-refractivity contribution in [3.05, 3.63) is 108 Å². The standard InChI is InChI=1S/C27H22FN3O3/c28-20-9-7-18(8-10-20)26-23-6-3-13-30(23)22-5-2-1-4-19(22)17-31(26)27(32)29-21-11-12-24-25(16-21)34-15-14-33-24/h1-13,16,26H,14-15,17H2,(H,29,32). The number of benzene rings is 3. The van der Waals surface area contributed by atoms with Gasteiger partial charge in [-0.15, -0.1) is 0 Å². The highest BCUT2D eigenvalue weighted by Gasteiger charge is 2.33. The third-order valence-corrected chi connectivity index (χ3v) is 6.20. The molecule has 0 saturated carbocycles. The SMILES string of the molecule is O=C(Nc1ccc2c(c1)OCCO2)N1Cc2ccccc2-n2cccc2C1c1ccc(F)cc1. The zero-order valence-corrected chi connectivity index (χ0v) is 18.3. The Labute approximate surface area is 196 Å². The Morgan fingerprint density at radius 1 is 0.912 bits per heavy atom. The molecule has 0 fully saturated rings. The number of hydrogen-bond donors (Lipinski definition) is 1. The van der Waals surface area contributed by atoms with Crippen molar-refractivity contribution < 1.29 is 18.7 Å². The van der Waals surface area contributed by atoms with Gasteiger partial charge in [0.1, 0.15) is 19.0 Å². The number of urea groups is 1. The van der Waals surface area contributed by atoms with Gasteiger partial charge >= 0.3 is 6.03 Å². The quantitative estimate of drug-likeness (QED) is 0.433. The zero-order chi connectivity index (χ0) is 23.1. The molecule has 4 aromatic rings. The molecule has 0 saturated heterocycles. The number of carbonyl (C=O) groups excluding carboxylic acids is 1. The summed E-state index contributed by atoms with van der Waals surface area (Å²) in [4.78, 5) is 15.5. The molecule has 170 valence electrons. The van der Waals surface area contributed by atoms with Gasteiger partial charge in [0.15, 0.2) is 11.5 Å². The first-order chi connectivity index (χ1) is 16.7. The van der Waals surface area contributed by atoms with Crippen LogP contribution in [0.4, 0.5) is 14.9 Å². The molecule has 2 amide bonds. The van der Waals surface area contributed by atoms with Gasteiger partial charge in [0, 0.05) is 23.6 Å². The van der Waals surface area contributed by atoms with Gasteiger partial charge in [-0.25, -0.2) is 9.18 Å². The van der Waals surface area contributed by atoms with Gasteiger partial charge in [-0.2, -0.15) is 0 Å². The van der Waals surface area contributed by atoms with Crippen molar-refractivity contribution in [1.82, 2.24) is 9.47 Å². The van der Waals surface area contributed by atoms with Crippen LogP contribution in [-0.2, 0) is 6.54 Å². The molecule has 1 atom stereocenters. The van der Waals surface area contributed by atoms with Crippen molar-refractivity contribution in [3.63, 3.8) is 0 Å². The highest BCUT2D eigenvalue weighted by atomic mass is 19.1. The number of hydrogen-bond acceptors (Lipinski definition) is 3. The number of nitrogens with one attached hydrogen (secondary N) is 1. The molecular formula is C27H22FN3O3. The fourth-order valence-corrected chi connectivity index (χ4v) is 4.65. The summed E-state index contributed by atoms with van der Waals surface area (Å²) in [5, 5.41) is 3.02. The number of nitrogens with zero attached hydrogens (tertiary/aromatic N) is 2. The molecule has 7 heteroatoms. The fraction of sp³-hybridized carbons (Fsp3) is 0.148. The average molecular weight is 455 g/mol. The number of rotatable bonds is 2. The summed E-state index contributed by atoms with van der Waals surface area (Å²) in [5.74, 6) is 0.951. The van der Waals surface area contributed by atoms with Gasteiger partial charge in [0.05, 0.1) is 18.3 Å². The monoisotopic (exact) mass is 455 g/mol. The molecule has 2 aliphatic rings. The maximum absolute atomic E-state index is 13.7. The first-order valence-corrected chi connectivity index (χ1v) is 11.2. The van der Waals surface area contributed by atoms with Crippen LogP contribution in [0.2, 0.25) is 0 Å². The van der Waals surface area contributed by atoms with Gasteiger partial charge in [-0.1, -0.05) is 30.3 Å². The largest absolute Gasteiger partial charge is 0.486 e. The first kappa shape index (κ1) is 20.4. The molecule has 3 aromatic carbocycles. The van der Waals surface area contributed by atoms with Gasteiger partial charge in [-0.3, -0.25) is 0 Å². The van der Waals surface area contributed by atoms with E-state index in [9.17, 15) is 9.18 Å². The van der Waals surface area contributed by atoms with Crippen LogP contribution < -0.4 is 14.8 Å². The lowest BCUT2D eigenvalue weighted by Gasteiger charge is -2.31. The Bertz CT molecular complexity index is 1370. The molecule has 1 aromatic heterocycles. The Morgan fingerprint density at radius 2 is 1.71 bits per heavy atom. The third kappa shape index (κ3) is 3.55. The molecule has 1 N–H and O–H groups in total. The lowest BCUT2D eigenvalue weighted by Crippen LogP contribution is -2.38. The fourth-order valence-electron chi connectivity index (χ4n) is 4.65. The van der Waals surface area contributed by atoms with E-state index in [4.69, 9.17) is 9.47 Å². The molecule has 0 aliphatic carbocycles. The second-order valence-electron chi connectivity index (χ2n) is 8.30. The Morgan fingerprint density at radius 3 is 2.56 bits per heavy atom. The average Bonchev–Trinajstić information content (AvgIpc) is 3.29. The minimum atomic E-state index is -0.416. The van der Waals surface area contributed by atoms with Crippen LogP contribution in [0.1, 0.15) is 22.9 Å². The Hall–Kier alpha value is -4.26. The first-order valence-electron chi connectivity index (χ1n) is 11.2. The molecule has 34 heavy (non-hydrogen) atoms. The number of fused-ring (bicyclic) bond motifs is 4. The van der Waals surface area contributed by atoms with E-state index in [0.717, 1.165) is 22.5 Å². The number of para-hydroxylation sites is 1. The van der Waals surface area contributed by atoms with E-state index in [1.54, 1.807) is 35.2 Å². The number of amides is 2.